The average Bonchev–Trinajstić information content (AvgIpc) is 3.27. The molecule has 1 aromatic heterocycles. The van der Waals surface area contributed by atoms with Crippen LogP contribution < -0.4 is 10.2 Å². The van der Waals surface area contributed by atoms with Crippen molar-refractivity contribution in [3.05, 3.63) is 29.5 Å². The number of amides is 2. The van der Waals surface area contributed by atoms with E-state index in [2.05, 4.69) is 33.7 Å². The molecule has 1 aliphatic heterocycles. The maximum atomic E-state index is 13.0. The first kappa shape index (κ1) is 22.6. The lowest BCUT2D eigenvalue weighted by molar-refractivity contribution is -0.141. The molecule has 10 heteroatoms. The number of benzene rings is 1. The number of hydrogen-bond donors (Lipinski definition) is 1. The zero-order chi connectivity index (χ0) is 22.2. The molecule has 0 aliphatic carbocycles. The minimum Gasteiger partial charge on any atom is -0.359 e. The highest BCUT2D eigenvalue weighted by molar-refractivity contribution is 6.33. The summed E-state index contributed by atoms with van der Waals surface area (Å²) in [5, 5.41) is 14.2. The molecule has 31 heavy (non-hydrogen) atoms. The topological polar surface area (TPSA) is 96.2 Å². The summed E-state index contributed by atoms with van der Waals surface area (Å²) < 4.78 is 1.35. The molecule has 1 atom stereocenters. The molecule has 0 spiro atoms. The normalized spacial score (nSPS) is 15.9. The minimum absolute atomic E-state index is 0.000251. The Kier molecular flexibility index (Phi) is 7.84. The summed E-state index contributed by atoms with van der Waals surface area (Å²) in [5.41, 5.74) is 1.41. The molecule has 0 unspecified atom stereocenters. The Morgan fingerprint density at radius 1 is 1.39 bits per heavy atom. The van der Waals surface area contributed by atoms with E-state index in [1.807, 2.05) is 11.0 Å². The number of tetrazole rings is 1. The monoisotopic (exact) mass is 443 g/mol. The molecule has 1 aromatic carbocycles. The number of terminal acetylenes is 1. The maximum absolute atomic E-state index is 13.0. The van der Waals surface area contributed by atoms with Crippen LogP contribution in [0.1, 0.15) is 32.6 Å². The largest absolute Gasteiger partial charge is 0.359 e. The number of hydrogen-bond acceptors (Lipinski definition) is 6. The predicted molar refractivity (Wildman–Crippen MR) is 119 cm³/mol. The van der Waals surface area contributed by atoms with Crippen molar-refractivity contribution in [3.8, 4) is 12.3 Å². The molecule has 2 amide bonds. The number of piperidine rings is 1. The second kappa shape index (κ2) is 10.8. The van der Waals surface area contributed by atoms with Crippen LogP contribution in [0.5, 0.6) is 0 Å². The summed E-state index contributed by atoms with van der Waals surface area (Å²) in [6.45, 7) is 3.84. The fourth-order valence-electron chi connectivity index (χ4n) is 3.72. The standard InChI is InChI=1S/C21H26ClN7O2/c1-3-10-27(11-4-2)18-9-8-16(13-17(18)22)24-21(31)19-7-5-6-12-29(19)20(30)14-28-15-23-25-26-28/h1,8-9,13,15,19H,4-7,10-12,14H2,2H3,(H,24,31)/t19-/m1/s1. The van der Waals surface area contributed by atoms with Crippen molar-refractivity contribution in [3.63, 3.8) is 0 Å². The fourth-order valence-corrected chi connectivity index (χ4v) is 4.02. The lowest BCUT2D eigenvalue weighted by Crippen LogP contribution is -2.51. The van der Waals surface area contributed by atoms with E-state index in [1.54, 1.807) is 17.0 Å². The van der Waals surface area contributed by atoms with E-state index in [0.29, 0.717) is 30.2 Å². The van der Waals surface area contributed by atoms with Gasteiger partial charge in [0.25, 0.3) is 0 Å². The molecule has 0 bridgehead atoms. The highest BCUT2D eigenvalue weighted by Crippen LogP contribution is 2.29. The van der Waals surface area contributed by atoms with Gasteiger partial charge in [0.2, 0.25) is 11.8 Å². The van der Waals surface area contributed by atoms with Gasteiger partial charge in [0.1, 0.15) is 18.9 Å². The molecule has 0 radical (unpaired) electrons. The third-order valence-electron chi connectivity index (χ3n) is 5.15. The highest BCUT2D eigenvalue weighted by atomic mass is 35.5. The zero-order valence-electron chi connectivity index (χ0n) is 17.5. The van der Waals surface area contributed by atoms with Crippen LogP contribution >= 0.6 is 11.6 Å². The fraction of sp³-hybridized carbons (Fsp3) is 0.476. The Balaban J connectivity index is 1.69. The van der Waals surface area contributed by atoms with Gasteiger partial charge in [-0.2, -0.15) is 0 Å². The molecule has 9 nitrogen and oxygen atoms in total. The number of carbonyl (C=O) groups is 2. The summed E-state index contributed by atoms with van der Waals surface area (Å²) >= 11 is 6.48. The number of halogens is 1. The van der Waals surface area contributed by atoms with Gasteiger partial charge in [-0.05, 0) is 54.3 Å². The molecular formula is C21H26ClN7O2. The van der Waals surface area contributed by atoms with E-state index in [4.69, 9.17) is 18.0 Å². The smallest absolute Gasteiger partial charge is 0.247 e. The molecule has 2 aromatic rings. The minimum atomic E-state index is -0.547. The number of carbonyl (C=O) groups excluding carboxylic acids is 2. The third kappa shape index (κ3) is 5.73. The van der Waals surface area contributed by atoms with Crippen LogP contribution in [0.25, 0.3) is 0 Å². The van der Waals surface area contributed by atoms with E-state index >= 15 is 0 Å². The molecule has 1 aliphatic rings. The molecule has 0 saturated carbocycles. The van der Waals surface area contributed by atoms with E-state index < -0.39 is 6.04 Å². The lowest BCUT2D eigenvalue weighted by Gasteiger charge is -2.34. The van der Waals surface area contributed by atoms with E-state index in [9.17, 15) is 9.59 Å². The van der Waals surface area contributed by atoms with Crippen molar-refractivity contribution in [1.29, 1.82) is 0 Å². The summed E-state index contributed by atoms with van der Waals surface area (Å²) in [7, 11) is 0. The van der Waals surface area contributed by atoms with Crippen molar-refractivity contribution in [2.24, 2.45) is 0 Å². The van der Waals surface area contributed by atoms with Gasteiger partial charge in [-0.15, -0.1) is 11.5 Å². The van der Waals surface area contributed by atoms with Crippen molar-refractivity contribution < 1.29 is 9.59 Å². The van der Waals surface area contributed by atoms with Crippen LogP contribution in [0.4, 0.5) is 11.4 Å². The predicted octanol–water partition coefficient (Wildman–Crippen LogP) is 2.20. The Bertz CT molecular complexity index is 942. The van der Waals surface area contributed by atoms with Gasteiger partial charge in [0.05, 0.1) is 17.3 Å². The summed E-state index contributed by atoms with van der Waals surface area (Å²) in [6.07, 6.45) is 10.1. The molecule has 1 saturated heterocycles. The average molecular weight is 444 g/mol. The van der Waals surface area contributed by atoms with Gasteiger partial charge in [-0.1, -0.05) is 24.4 Å². The first-order valence-electron chi connectivity index (χ1n) is 10.3. The second-order valence-corrected chi connectivity index (χ2v) is 7.79. The first-order valence-corrected chi connectivity index (χ1v) is 10.7. The maximum Gasteiger partial charge on any atom is 0.247 e. The Hall–Kier alpha value is -3.12. The molecule has 164 valence electrons. The Labute approximate surface area is 186 Å². The van der Waals surface area contributed by atoms with Gasteiger partial charge >= 0.3 is 0 Å². The molecular weight excluding hydrogens is 418 g/mol. The number of rotatable bonds is 8. The SMILES string of the molecule is C#CCN(CCC)c1ccc(NC(=O)[C@H]2CCCCN2C(=O)Cn2cnnn2)cc1Cl. The van der Waals surface area contributed by atoms with Crippen LogP contribution in [0, 0.1) is 12.3 Å². The van der Waals surface area contributed by atoms with Crippen LogP contribution in [0.2, 0.25) is 5.02 Å². The third-order valence-corrected chi connectivity index (χ3v) is 5.45. The van der Waals surface area contributed by atoms with E-state index in [-0.39, 0.29) is 18.4 Å². The van der Waals surface area contributed by atoms with Crippen LogP contribution in [-0.4, -0.2) is 62.6 Å². The number of likely N-dealkylation sites (tertiary alicyclic amines) is 1. The van der Waals surface area contributed by atoms with E-state index in [1.165, 1.54) is 11.0 Å². The molecule has 1 fully saturated rings. The van der Waals surface area contributed by atoms with Gasteiger partial charge in [0, 0.05) is 18.8 Å². The Morgan fingerprint density at radius 2 is 2.23 bits per heavy atom. The summed E-state index contributed by atoms with van der Waals surface area (Å²) in [5.74, 6) is 2.22. The number of aromatic nitrogens is 4. The van der Waals surface area contributed by atoms with Gasteiger partial charge < -0.3 is 15.1 Å². The highest BCUT2D eigenvalue weighted by Gasteiger charge is 2.32. The van der Waals surface area contributed by atoms with Crippen molar-refractivity contribution >= 4 is 34.8 Å². The quantitative estimate of drug-likeness (QED) is 0.628. The Morgan fingerprint density at radius 3 is 2.90 bits per heavy atom. The van der Waals surface area contributed by atoms with Crippen molar-refractivity contribution in [2.75, 3.05) is 29.9 Å². The van der Waals surface area contributed by atoms with Gasteiger partial charge in [0.15, 0.2) is 0 Å². The molecule has 1 N–H and O–H groups in total. The van der Waals surface area contributed by atoms with E-state index in [0.717, 1.165) is 31.5 Å². The second-order valence-electron chi connectivity index (χ2n) is 7.39. The zero-order valence-corrected chi connectivity index (χ0v) is 18.3. The number of anilines is 2. The van der Waals surface area contributed by atoms with Crippen LogP contribution in [0.15, 0.2) is 24.5 Å². The molecule has 2 heterocycles. The van der Waals surface area contributed by atoms with Gasteiger partial charge in [-0.25, -0.2) is 4.68 Å². The first-order chi connectivity index (χ1) is 15.0. The van der Waals surface area contributed by atoms with Crippen molar-refractivity contribution in [1.82, 2.24) is 25.1 Å². The van der Waals surface area contributed by atoms with Crippen LogP contribution in [-0.2, 0) is 16.1 Å². The van der Waals surface area contributed by atoms with Crippen molar-refractivity contribution in [2.45, 2.75) is 45.2 Å². The van der Waals surface area contributed by atoms with Crippen LogP contribution in [0.3, 0.4) is 0 Å². The molecule has 3 rings (SSSR count). The summed E-state index contributed by atoms with van der Waals surface area (Å²) in [4.78, 5) is 29.3. The number of nitrogens with zero attached hydrogens (tertiary/aromatic N) is 6. The summed E-state index contributed by atoms with van der Waals surface area (Å²) in [6, 6.07) is 4.82. The van der Waals surface area contributed by atoms with Gasteiger partial charge in [-0.3, -0.25) is 9.59 Å². The number of nitrogens with one attached hydrogen (secondary N) is 1. The lowest BCUT2D eigenvalue weighted by atomic mass is 10.0.